The molecule has 1 aliphatic rings. The van der Waals surface area contributed by atoms with Crippen molar-refractivity contribution in [2.75, 3.05) is 6.79 Å². The quantitative estimate of drug-likeness (QED) is 0.887. The van der Waals surface area contributed by atoms with Crippen LogP contribution in [0.4, 0.5) is 8.78 Å². The van der Waals surface area contributed by atoms with Gasteiger partial charge in [0.25, 0.3) is 6.43 Å². The van der Waals surface area contributed by atoms with Crippen molar-refractivity contribution in [1.29, 1.82) is 0 Å². The van der Waals surface area contributed by atoms with Crippen LogP contribution in [0.5, 0.6) is 11.5 Å². The largest absolute Gasteiger partial charge is 0.481 e. The number of aliphatic carboxylic acids is 1. The van der Waals surface area contributed by atoms with E-state index in [1.807, 2.05) is 0 Å². The maximum atomic E-state index is 12.8. The summed E-state index contributed by atoms with van der Waals surface area (Å²) in [6, 6.07) is 2.45. The van der Waals surface area contributed by atoms with Crippen LogP contribution in [-0.4, -0.2) is 17.9 Å². The summed E-state index contributed by atoms with van der Waals surface area (Å²) in [5.74, 6) is -1.65. The van der Waals surface area contributed by atoms with Crippen LogP contribution in [-0.2, 0) is 4.79 Å². The molecule has 1 aromatic rings. The lowest BCUT2D eigenvalue weighted by Gasteiger charge is -2.13. The highest BCUT2D eigenvalue weighted by Gasteiger charge is 2.26. The van der Waals surface area contributed by atoms with Gasteiger partial charge in [0.1, 0.15) is 0 Å². The molecule has 0 saturated carbocycles. The van der Waals surface area contributed by atoms with E-state index in [-0.39, 0.29) is 23.7 Å². The zero-order chi connectivity index (χ0) is 12.6. The average molecular weight is 244 g/mol. The fourth-order valence-corrected chi connectivity index (χ4v) is 1.67. The molecule has 1 N–H and O–H groups in total. The number of rotatable bonds is 3. The second-order valence-corrected chi connectivity index (χ2v) is 3.70. The predicted octanol–water partition coefficient (Wildman–Crippen LogP) is 2.54. The van der Waals surface area contributed by atoms with Crippen molar-refractivity contribution in [1.82, 2.24) is 0 Å². The van der Waals surface area contributed by atoms with Crippen molar-refractivity contribution in [3.05, 3.63) is 23.3 Å². The molecule has 1 unspecified atom stereocenters. The molecule has 1 aromatic carbocycles. The van der Waals surface area contributed by atoms with E-state index < -0.39 is 18.3 Å². The van der Waals surface area contributed by atoms with Crippen LogP contribution in [0.15, 0.2) is 12.1 Å². The standard InChI is InChI=1S/C11H10F2O4/c1-5(11(14)15)6-2-8-9(17-4-16-8)3-7(6)10(12)13/h2-3,5,10H,4H2,1H3,(H,14,15). The lowest BCUT2D eigenvalue weighted by Crippen LogP contribution is -2.10. The molecule has 0 radical (unpaired) electrons. The maximum absolute atomic E-state index is 12.8. The normalized spacial score (nSPS) is 15.1. The summed E-state index contributed by atoms with van der Waals surface area (Å²) in [5.41, 5.74) is -0.277. The summed E-state index contributed by atoms with van der Waals surface area (Å²) in [6.45, 7) is 1.31. The fraction of sp³-hybridized carbons (Fsp3) is 0.364. The minimum absolute atomic E-state index is 0.0388. The van der Waals surface area contributed by atoms with Crippen LogP contribution in [0, 0.1) is 0 Å². The molecule has 1 heterocycles. The fourth-order valence-electron chi connectivity index (χ4n) is 1.67. The molecule has 4 nitrogen and oxygen atoms in total. The highest BCUT2D eigenvalue weighted by atomic mass is 19.3. The van der Waals surface area contributed by atoms with Gasteiger partial charge >= 0.3 is 5.97 Å². The third-order valence-corrected chi connectivity index (χ3v) is 2.65. The van der Waals surface area contributed by atoms with Crippen LogP contribution in [0.25, 0.3) is 0 Å². The number of carboxylic acid groups (broad SMARTS) is 1. The van der Waals surface area contributed by atoms with Crippen LogP contribution in [0.1, 0.15) is 30.4 Å². The Morgan fingerprint density at radius 2 is 1.82 bits per heavy atom. The number of hydrogen-bond acceptors (Lipinski definition) is 3. The highest BCUT2D eigenvalue weighted by Crippen LogP contribution is 2.40. The van der Waals surface area contributed by atoms with Crippen molar-refractivity contribution in [3.63, 3.8) is 0 Å². The molecule has 0 amide bonds. The second-order valence-electron chi connectivity index (χ2n) is 3.70. The van der Waals surface area contributed by atoms with E-state index in [1.54, 1.807) is 0 Å². The maximum Gasteiger partial charge on any atom is 0.310 e. The Balaban J connectivity index is 2.52. The summed E-state index contributed by atoms with van der Waals surface area (Å²) >= 11 is 0. The van der Waals surface area contributed by atoms with Crippen LogP contribution in [0.2, 0.25) is 0 Å². The Kier molecular flexibility index (Phi) is 2.87. The molecule has 1 atom stereocenters. The van der Waals surface area contributed by atoms with Crippen LogP contribution < -0.4 is 9.47 Å². The van der Waals surface area contributed by atoms with Gasteiger partial charge in [0.05, 0.1) is 5.92 Å². The Bertz CT molecular complexity index is 459. The SMILES string of the molecule is CC(C(=O)O)c1cc2c(cc1C(F)F)OCO2. The van der Waals surface area contributed by atoms with Crippen molar-refractivity contribution < 1.29 is 28.2 Å². The molecule has 0 aliphatic carbocycles. The molecule has 92 valence electrons. The summed E-state index contributed by atoms with van der Waals surface area (Å²) < 4.78 is 35.7. The van der Waals surface area contributed by atoms with Gasteiger partial charge in [-0.1, -0.05) is 0 Å². The third-order valence-electron chi connectivity index (χ3n) is 2.65. The van der Waals surface area contributed by atoms with Gasteiger partial charge in [-0.05, 0) is 24.6 Å². The summed E-state index contributed by atoms with van der Waals surface area (Å²) in [7, 11) is 0. The Morgan fingerprint density at radius 3 is 2.29 bits per heavy atom. The Morgan fingerprint density at radius 1 is 1.29 bits per heavy atom. The van der Waals surface area contributed by atoms with Gasteiger partial charge in [0.15, 0.2) is 11.5 Å². The predicted molar refractivity (Wildman–Crippen MR) is 53.6 cm³/mol. The molecule has 17 heavy (non-hydrogen) atoms. The van der Waals surface area contributed by atoms with E-state index in [4.69, 9.17) is 14.6 Å². The number of carbonyl (C=O) groups is 1. The number of alkyl halides is 2. The van der Waals surface area contributed by atoms with Crippen LogP contribution in [0.3, 0.4) is 0 Å². The average Bonchev–Trinajstić information content (AvgIpc) is 2.72. The first-order valence-corrected chi connectivity index (χ1v) is 4.95. The van der Waals surface area contributed by atoms with Gasteiger partial charge in [0.2, 0.25) is 6.79 Å². The molecule has 0 spiro atoms. The zero-order valence-electron chi connectivity index (χ0n) is 8.94. The molecule has 0 bridgehead atoms. The third kappa shape index (κ3) is 2.02. The van der Waals surface area contributed by atoms with E-state index in [2.05, 4.69) is 0 Å². The van der Waals surface area contributed by atoms with E-state index in [1.165, 1.54) is 13.0 Å². The molecule has 6 heteroatoms. The number of hydrogen-bond donors (Lipinski definition) is 1. The highest BCUT2D eigenvalue weighted by molar-refractivity contribution is 5.76. The first-order chi connectivity index (χ1) is 8.00. The van der Waals surface area contributed by atoms with E-state index >= 15 is 0 Å². The number of halogens is 2. The summed E-state index contributed by atoms with van der Waals surface area (Å²) in [4.78, 5) is 10.9. The number of carboxylic acids is 1. The first kappa shape index (κ1) is 11.6. The van der Waals surface area contributed by atoms with E-state index in [0.29, 0.717) is 5.75 Å². The lowest BCUT2D eigenvalue weighted by atomic mass is 9.95. The topological polar surface area (TPSA) is 55.8 Å². The second kappa shape index (κ2) is 4.20. The Hall–Kier alpha value is -1.85. The van der Waals surface area contributed by atoms with E-state index in [0.717, 1.165) is 6.07 Å². The zero-order valence-corrected chi connectivity index (χ0v) is 8.94. The van der Waals surface area contributed by atoms with Gasteiger partial charge in [-0.3, -0.25) is 4.79 Å². The smallest absolute Gasteiger partial charge is 0.310 e. The lowest BCUT2D eigenvalue weighted by molar-refractivity contribution is -0.138. The summed E-state index contributed by atoms with van der Waals surface area (Å²) in [5, 5.41) is 8.87. The summed E-state index contributed by atoms with van der Waals surface area (Å²) in [6.07, 6.45) is -2.75. The van der Waals surface area contributed by atoms with Crippen molar-refractivity contribution in [2.45, 2.75) is 19.3 Å². The van der Waals surface area contributed by atoms with Gasteiger partial charge < -0.3 is 14.6 Å². The minimum atomic E-state index is -2.75. The van der Waals surface area contributed by atoms with Gasteiger partial charge in [-0.25, -0.2) is 8.78 Å². The molecule has 0 fully saturated rings. The molecule has 2 rings (SSSR count). The van der Waals surface area contributed by atoms with Gasteiger partial charge in [0, 0.05) is 5.56 Å². The molecule has 0 aromatic heterocycles. The Labute approximate surface area is 95.8 Å². The van der Waals surface area contributed by atoms with Gasteiger partial charge in [-0.2, -0.15) is 0 Å². The monoisotopic (exact) mass is 244 g/mol. The molecular formula is C11H10F2O4. The number of ether oxygens (including phenoxy) is 2. The van der Waals surface area contributed by atoms with Crippen molar-refractivity contribution >= 4 is 5.97 Å². The van der Waals surface area contributed by atoms with Gasteiger partial charge in [-0.15, -0.1) is 0 Å². The van der Waals surface area contributed by atoms with Crippen molar-refractivity contribution in [2.24, 2.45) is 0 Å². The molecule has 1 aliphatic heterocycles. The van der Waals surface area contributed by atoms with Crippen LogP contribution >= 0.6 is 0 Å². The minimum Gasteiger partial charge on any atom is -0.481 e. The number of fused-ring (bicyclic) bond motifs is 1. The first-order valence-electron chi connectivity index (χ1n) is 4.95. The molecule has 0 saturated heterocycles. The van der Waals surface area contributed by atoms with Crippen molar-refractivity contribution in [3.8, 4) is 11.5 Å². The number of benzene rings is 1. The van der Waals surface area contributed by atoms with E-state index in [9.17, 15) is 13.6 Å². The molecular weight excluding hydrogens is 234 g/mol.